The molecule has 3 atom stereocenters. The average molecular weight is 377 g/mol. The molecular formula is C17H20FN5O4. The molecule has 27 heavy (non-hydrogen) atoms. The van der Waals surface area contributed by atoms with E-state index in [0.717, 1.165) is 0 Å². The first-order valence-corrected chi connectivity index (χ1v) is 8.51. The molecule has 1 aromatic heterocycles. The van der Waals surface area contributed by atoms with E-state index in [-0.39, 0.29) is 25.4 Å². The van der Waals surface area contributed by atoms with Crippen molar-refractivity contribution in [1.82, 2.24) is 25.1 Å². The normalized spacial score (nSPS) is 21.1. The number of amides is 1. The zero-order valence-electron chi connectivity index (χ0n) is 14.9. The first-order chi connectivity index (χ1) is 12.8. The third kappa shape index (κ3) is 4.27. The Labute approximate surface area is 154 Å². The summed E-state index contributed by atoms with van der Waals surface area (Å²) in [5, 5.41) is 20.5. The molecule has 1 aliphatic rings. The van der Waals surface area contributed by atoms with Crippen LogP contribution in [0.3, 0.4) is 0 Å². The van der Waals surface area contributed by atoms with E-state index in [1.165, 1.54) is 21.7 Å². The Morgan fingerprint density at radius 1 is 1.41 bits per heavy atom. The van der Waals surface area contributed by atoms with E-state index >= 15 is 0 Å². The number of carbonyl (C=O) groups excluding carboxylic acids is 1. The molecule has 144 valence electrons. The summed E-state index contributed by atoms with van der Waals surface area (Å²) in [6.45, 7) is 3.55. The highest BCUT2D eigenvalue weighted by atomic mass is 19.1. The van der Waals surface area contributed by atoms with E-state index in [1.54, 1.807) is 26.0 Å². The number of hydrogen-bond donors (Lipinski definition) is 1. The zero-order chi connectivity index (χ0) is 19.6. The molecule has 9 nitrogen and oxygen atoms in total. The van der Waals surface area contributed by atoms with Gasteiger partial charge in [0.1, 0.15) is 17.7 Å². The Morgan fingerprint density at radius 3 is 2.81 bits per heavy atom. The minimum atomic E-state index is -1.13. The van der Waals surface area contributed by atoms with Crippen LogP contribution in [-0.4, -0.2) is 67.4 Å². The molecule has 1 N–H and O–H groups in total. The van der Waals surface area contributed by atoms with Crippen LogP contribution in [0.15, 0.2) is 24.3 Å². The number of aliphatic carboxylic acids is 1. The Balaban J connectivity index is 1.89. The largest absolute Gasteiger partial charge is 0.479 e. The van der Waals surface area contributed by atoms with Gasteiger partial charge < -0.3 is 14.7 Å². The minimum absolute atomic E-state index is 0.0701. The molecule has 2 unspecified atom stereocenters. The number of aromatic nitrogens is 4. The lowest BCUT2D eigenvalue weighted by molar-refractivity contribution is -0.167. The van der Waals surface area contributed by atoms with E-state index in [1.807, 2.05) is 0 Å². The van der Waals surface area contributed by atoms with Gasteiger partial charge in [0.25, 0.3) is 0 Å². The van der Waals surface area contributed by atoms with Gasteiger partial charge in [0.15, 0.2) is 6.10 Å². The zero-order valence-corrected chi connectivity index (χ0v) is 14.9. The summed E-state index contributed by atoms with van der Waals surface area (Å²) >= 11 is 0. The Hall–Kier alpha value is -2.88. The van der Waals surface area contributed by atoms with Crippen LogP contribution in [0.1, 0.15) is 24.4 Å². The van der Waals surface area contributed by atoms with Crippen molar-refractivity contribution in [1.29, 1.82) is 0 Å². The fourth-order valence-electron chi connectivity index (χ4n) is 3.17. The quantitative estimate of drug-likeness (QED) is 0.812. The van der Waals surface area contributed by atoms with Gasteiger partial charge in [-0.15, -0.1) is 5.10 Å². The highest BCUT2D eigenvalue weighted by molar-refractivity contribution is 5.82. The summed E-state index contributed by atoms with van der Waals surface area (Å²) in [5.74, 6) is -1.44. The van der Waals surface area contributed by atoms with Crippen molar-refractivity contribution >= 4 is 11.9 Å². The van der Waals surface area contributed by atoms with Gasteiger partial charge in [0.05, 0.1) is 12.6 Å². The highest BCUT2D eigenvalue weighted by Gasteiger charge is 2.36. The van der Waals surface area contributed by atoms with E-state index in [0.29, 0.717) is 11.4 Å². The lowest BCUT2D eigenvalue weighted by Crippen LogP contribution is -2.53. The second-order valence-electron chi connectivity index (χ2n) is 6.54. The van der Waals surface area contributed by atoms with Crippen molar-refractivity contribution in [3.8, 4) is 0 Å². The topological polar surface area (TPSA) is 110 Å². The van der Waals surface area contributed by atoms with Crippen molar-refractivity contribution in [2.75, 3.05) is 13.1 Å². The number of carboxylic acid groups (broad SMARTS) is 1. The van der Waals surface area contributed by atoms with Gasteiger partial charge >= 0.3 is 5.97 Å². The van der Waals surface area contributed by atoms with Crippen molar-refractivity contribution in [3.63, 3.8) is 0 Å². The van der Waals surface area contributed by atoms with E-state index in [9.17, 15) is 19.1 Å². The smallest absolute Gasteiger partial charge is 0.334 e. The van der Waals surface area contributed by atoms with Crippen LogP contribution in [0.2, 0.25) is 0 Å². The van der Waals surface area contributed by atoms with E-state index in [4.69, 9.17) is 4.74 Å². The van der Waals surface area contributed by atoms with Crippen LogP contribution in [0.4, 0.5) is 4.39 Å². The number of aryl methyl sites for hydroxylation is 1. The number of carboxylic acids is 1. The molecule has 0 saturated carbocycles. The van der Waals surface area contributed by atoms with E-state index in [2.05, 4.69) is 15.5 Å². The minimum Gasteiger partial charge on any atom is -0.479 e. The van der Waals surface area contributed by atoms with Gasteiger partial charge in [-0.05, 0) is 42.0 Å². The Bertz CT molecular complexity index is 842. The molecule has 0 aliphatic carbocycles. The summed E-state index contributed by atoms with van der Waals surface area (Å²) in [6.07, 6.45) is -1.34. The van der Waals surface area contributed by atoms with Crippen molar-refractivity contribution < 1.29 is 23.8 Å². The number of ether oxygens (including phenoxy) is 1. The number of carbonyl (C=O) groups is 2. The lowest BCUT2D eigenvalue weighted by atomic mass is 10.0. The van der Waals surface area contributed by atoms with Crippen LogP contribution in [0.5, 0.6) is 0 Å². The summed E-state index contributed by atoms with van der Waals surface area (Å²) < 4.78 is 20.3. The fraction of sp³-hybridized carbons (Fsp3) is 0.471. The second-order valence-corrected chi connectivity index (χ2v) is 6.54. The van der Waals surface area contributed by atoms with Crippen LogP contribution >= 0.6 is 0 Å². The molecule has 2 heterocycles. The first-order valence-electron chi connectivity index (χ1n) is 8.51. The second kappa shape index (κ2) is 7.78. The molecule has 0 bridgehead atoms. The molecule has 10 heteroatoms. The molecule has 3 rings (SSSR count). The molecule has 0 spiro atoms. The third-order valence-electron chi connectivity index (χ3n) is 4.40. The standard InChI is InChI=1S/C17H20FN5O4/c1-10-8-22(9-15(27-10)17(25)26)16(24)14(23-11(2)19-20-21-23)7-12-4-3-5-13(18)6-12/h3-6,10,14-15H,7-9H2,1-2H3,(H,25,26)/t10-,14?,15?/m1/s1. The van der Waals surface area contributed by atoms with Gasteiger partial charge in [-0.3, -0.25) is 4.79 Å². The lowest BCUT2D eigenvalue weighted by Gasteiger charge is -2.36. The number of hydrogen-bond acceptors (Lipinski definition) is 6. The van der Waals surface area contributed by atoms with Crippen LogP contribution in [0, 0.1) is 12.7 Å². The molecule has 1 aliphatic heterocycles. The molecule has 1 aromatic carbocycles. The SMILES string of the molecule is Cc1nnnn1C(Cc1cccc(F)c1)C(=O)N1CC(C(=O)O)O[C@H](C)C1. The Kier molecular flexibility index (Phi) is 5.45. The molecule has 1 fully saturated rings. The molecule has 1 saturated heterocycles. The summed E-state index contributed by atoms with van der Waals surface area (Å²) in [4.78, 5) is 26.0. The Morgan fingerprint density at radius 2 is 2.19 bits per heavy atom. The predicted octanol–water partition coefficient (Wildman–Crippen LogP) is 0.605. The van der Waals surface area contributed by atoms with Gasteiger partial charge in [-0.2, -0.15) is 0 Å². The summed E-state index contributed by atoms with van der Waals surface area (Å²) in [7, 11) is 0. The summed E-state index contributed by atoms with van der Waals surface area (Å²) in [5.41, 5.74) is 0.611. The van der Waals surface area contributed by atoms with Crippen LogP contribution in [-0.2, 0) is 20.7 Å². The van der Waals surface area contributed by atoms with Gasteiger partial charge in [-0.1, -0.05) is 12.1 Å². The number of tetrazole rings is 1. The fourth-order valence-corrected chi connectivity index (χ4v) is 3.17. The maximum Gasteiger partial charge on any atom is 0.334 e. The summed E-state index contributed by atoms with van der Waals surface area (Å²) in [6, 6.07) is 5.13. The van der Waals surface area contributed by atoms with Gasteiger partial charge in [0, 0.05) is 13.0 Å². The number of rotatable bonds is 5. The van der Waals surface area contributed by atoms with Crippen LogP contribution < -0.4 is 0 Å². The monoisotopic (exact) mass is 377 g/mol. The van der Waals surface area contributed by atoms with Crippen molar-refractivity contribution in [3.05, 3.63) is 41.5 Å². The van der Waals surface area contributed by atoms with Gasteiger partial charge in [0.2, 0.25) is 5.91 Å². The maximum atomic E-state index is 13.6. The highest BCUT2D eigenvalue weighted by Crippen LogP contribution is 2.21. The third-order valence-corrected chi connectivity index (χ3v) is 4.40. The molecule has 2 aromatic rings. The number of benzene rings is 1. The van der Waals surface area contributed by atoms with Crippen LogP contribution in [0.25, 0.3) is 0 Å². The molecule has 1 amide bonds. The van der Waals surface area contributed by atoms with Crippen molar-refractivity contribution in [2.24, 2.45) is 0 Å². The van der Waals surface area contributed by atoms with Crippen molar-refractivity contribution in [2.45, 2.75) is 38.5 Å². The van der Waals surface area contributed by atoms with E-state index < -0.39 is 30.0 Å². The van der Waals surface area contributed by atoms with Gasteiger partial charge in [-0.25, -0.2) is 13.9 Å². The first kappa shape index (κ1) is 18.9. The molecular weight excluding hydrogens is 357 g/mol. The molecule has 0 radical (unpaired) electrons. The number of morpholine rings is 1. The number of nitrogens with zero attached hydrogens (tertiary/aromatic N) is 5. The number of halogens is 1. The average Bonchev–Trinajstić information content (AvgIpc) is 3.04. The maximum absolute atomic E-state index is 13.6. The predicted molar refractivity (Wildman–Crippen MR) is 90.2 cm³/mol.